The molecule has 0 aliphatic carbocycles. The summed E-state index contributed by atoms with van der Waals surface area (Å²) in [6, 6.07) is 21.8. The summed E-state index contributed by atoms with van der Waals surface area (Å²) in [5.74, 6) is -2.05. The van der Waals surface area contributed by atoms with Crippen LogP contribution in [0, 0.1) is 0 Å². The van der Waals surface area contributed by atoms with Gasteiger partial charge in [-0.25, -0.2) is 0 Å². The molecule has 0 saturated carbocycles. The van der Waals surface area contributed by atoms with Gasteiger partial charge in [-0.1, -0.05) is 48.5 Å². The molecular weight excluding hydrogens is 404 g/mol. The number of aromatic hydroxyl groups is 1. The van der Waals surface area contributed by atoms with E-state index in [4.69, 9.17) is 0 Å². The summed E-state index contributed by atoms with van der Waals surface area (Å²) in [6.45, 7) is 0. The number of aliphatic hydroxyl groups is 1. The molecular formula is C26H18N2O4. The molecule has 0 spiro atoms. The number of hydrogen-bond donors (Lipinski definition) is 2. The monoisotopic (exact) mass is 422 g/mol. The zero-order valence-electron chi connectivity index (χ0n) is 16.8. The minimum absolute atomic E-state index is 0.0419. The van der Waals surface area contributed by atoms with Crippen LogP contribution in [0.2, 0.25) is 0 Å². The van der Waals surface area contributed by atoms with E-state index in [1.54, 1.807) is 54.9 Å². The number of benzene rings is 3. The van der Waals surface area contributed by atoms with Gasteiger partial charge in [0.05, 0.1) is 17.3 Å². The van der Waals surface area contributed by atoms with Crippen LogP contribution in [0.5, 0.6) is 5.75 Å². The number of para-hydroxylation sites is 2. The van der Waals surface area contributed by atoms with Gasteiger partial charge in [0.1, 0.15) is 11.5 Å². The van der Waals surface area contributed by atoms with Crippen LogP contribution >= 0.6 is 0 Å². The molecule has 1 aliphatic heterocycles. The van der Waals surface area contributed by atoms with Crippen molar-refractivity contribution in [2.45, 2.75) is 6.04 Å². The van der Waals surface area contributed by atoms with Crippen molar-refractivity contribution in [1.29, 1.82) is 0 Å². The van der Waals surface area contributed by atoms with Crippen molar-refractivity contribution in [1.82, 2.24) is 4.98 Å². The lowest BCUT2D eigenvalue weighted by Crippen LogP contribution is -2.29. The maximum Gasteiger partial charge on any atom is 0.300 e. The standard InChI is InChI=1S/C26H18N2O4/c29-21-8-4-3-7-20(21)28-23(17-11-13-27-14-12-17)22(25(31)26(28)32)24(30)19-10-9-16-5-1-2-6-18(16)15-19/h1-15,23,29-30H/b24-22-. The molecule has 3 aromatic carbocycles. The van der Waals surface area contributed by atoms with Gasteiger partial charge in [-0.2, -0.15) is 0 Å². The number of anilines is 1. The Balaban J connectivity index is 1.74. The fraction of sp³-hybridized carbons (Fsp3) is 0.0385. The quantitative estimate of drug-likeness (QED) is 0.287. The predicted molar refractivity (Wildman–Crippen MR) is 121 cm³/mol. The molecule has 2 N–H and O–H groups in total. The molecule has 4 aromatic rings. The smallest absolute Gasteiger partial charge is 0.300 e. The zero-order chi connectivity index (χ0) is 22.2. The van der Waals surface area contributed by atoms with Crippen molar-refractivity contribution < 1.29 is 19.8 Å². The number of carbonyl (C=O) groups excluding carboxylic acids is 2. The second kappa shape index (κ2) is 7.67. The van der Waals surface area contributed by atoms with E-state index in [9.17, 15) is 19.8 Å². The van der Waals surface area contributed by atoms with Crippen LogP contribution in [-0.2, 0) is 9.59 Å². The largest absolute Gasteiger partial charge is 0.507 e. The third-order valence-electron chi connectivity index (χ3n) is 5.63. The summed E-state index contributed by atoms with van der Waals surface area (Å²) in [5.41, 5.74) is 1.16. The lowest BCUT2D eigenvalue weighted by Gasteiger charge is -2.25. The van der Waals surface area contributed by atoms with Gasteiger partial charge in [0, 0.05) is 18.0 Å². The number of fused-ring (bicyclic) bond motifs is 1. The van der Waals surface area contributed by atoms with Gasteiger partial charge in [-0.05, 0) is 46.7 Å². The van der Waals surface area contributed by atoms with Crippen molar-refractivity contribution in [3.63, 3.8) is 0 Å². The highest BCUT2D eigenvalue weighted by molar-refractivity contribution is 6.52. The fourth-order valence-corrected chi connectivity index (χ4v) is 4.10. The Labute approximate surface area is 183 Å². The summed E-state index contributed by atoms with van der Waals surface area (Å²) in [5, 5.41) is 23.5. The van der Waals surface area contributed by atoms with Crippen LogP contribution in [0.3, 0.4) is 0 Å². The maximum absolute atomic E-state index is 13.2. The number of phenolic OH excluding ortho intramolecular Hbond substituents is 1. The van der Waals surface area contributed by atoms with Gasteiger partial charge in [0.2, 0.25) is 0 Å². The molecule has 0 radical (unpaired) electrons. The second-order valence-electron chi connectivity index (χ2n) is 7.50. The first-order valence-corrected chi connectivity index (χ1v) is 10.0. The third-order valence-corrected chi connectivity index (χ3v) is 5.63. The molecule has 0 bridgehead atoms. The van der Waals surface area contributed by atoms with E-state index in [2.05, 4.69) is 4.98 Å². The van der Waals surface area contributed by atoms with Gasteiger partial charge in [0.15, 0.2) is 0 Å². The number of aliphatic hydroxyl groups excluding tert-OH is 1. The molecule has 1 aliphatic rings. The lowest BCUT2D eigenvalue weighted by atomic mass is 9.95. The van der Waals surface area contributed by atoms with Crippen LogP contribution in [0.15, 0.2) is 96.8 Å². The van der Waals surface area contributed by atoms with E-state index in [1.807, 2.05) is 30.3 Å². The van der Waals surface area contributed by atoms with E-state index < -0.39 is 17.7 Å². The molecule has 1 fully saturated rings. The summed E-state index contributed by atoms with van der Waals surface area (Å²) in [6.07, 6.45) is 3.10. The first-order valence-electron chi connectivity index (χ1n) is 10.0. The van der Waals surface area contributed by atoms with Crippen molar-refractivity contribution >= 4 is 33.9 Å². The Bertz CT molecular complexity index is 1400. The Kier molecular flexibility index (Phi) is 4.67. The van der Waals surface area contributed by atoms with Crippen LogP contribution in [0.1, 0.15) is 17.2 Å². The average Bonchev–Trinajstić information content (AvgIpc) is 3.09. The number of Topliss-reactive ketones (excluding diaryl/α,β-unsaturated/α-hetero) is 1. The van der Waals surface area contributed by atoms with E-state index in [-0.39, 0.29) is 22.8 Å². The molecule has 1 saturated heterocycles. The summed E-state index contributed by atoms with van der Waals surface area (Å²) in [4.78, 5) is 31.5. The van der Waals surface area contributed by atoms with Gasteiger partial charge in [-0.15, -0.1) is 0 Å². The van der Waals surface area contributed by atoms with Gasteiger partial charge >= 0.3 is 0 Å². The minimum Gasteiger partial charge on any atom is -0.507 e. The topological polar surface area (TPSA) is 90.7 Å². The normalized spacial score (nSPS) is 17.8. The van der Waals surface area contributed by atoms with Crippen LogP contribution in [0.25, 0.3) is 16.5 Å². The zero-order valence-corrected chi connectivity index (χ0v) is 16.8. The lowest BCUT2D eigenvalue weighted by molar-refractivity contribution is -0.132. The summed E-state index contributed by atoms with van der Waals surface area (Å²) >= 11 is 0. The van der Waals surface area contributed by atoms with E-state index >= 15 is 0 Å². The Morgan fingerprint density at radius 1 is 0.844 bits per heavy atom. The summed E-state index contributed by atoms with van der Waals surface area (Å²) in [7, 11) is 0. The van der Waals surface area contributed by atoms with Crippen LogP contribution in [-0.4, -0.2) is 26.9 Å². The molecule has 5 rings (SSSR count). The number of rotatable bonds is 3. The van der Waals surface area contributed by atoms with Crippen molar-refractivity contribution in [3.8, 4) is 5.75 Å². The molecule has 1 atom stereocenters. The van der Waals surface area contributed by atoms with Gasteiger partial charge < -0.3 is 10.2 Å². The molecule has 2 heterocycles. The molecule has 1 aromatic heterocycles. The van der Waals surface area contributed by atoms with Crippen molar-refractivity contribution in [2.24, 2.45) is 0 Å². The number of aromatic nitrogens is 1. The number of phenols is 1. The number of ketones is 1. The Hall–Kier alpha value is -4.45. The van der Waals surface area contributed by atoms with Crippen LogP contribution in [0.4, 0.5) is 5.69 Å². The molecule has 6 heteroatoms. The molecule has 1 amide bonds. The highest BCUT2D eigenvalue weighted by Crippen LogP contribution is 2.44. The Morgan fingerprint density at radius 3 is 2.28 bits per heavy atom. The van der Waals surface area contributed by atoms with Gasteiger partial charge in [0.25, 0.3) is 11.7 Å². The highest BCUT2D eigenvalue weighted by Gasteiger charge is 2.47. The highest BCUT2D eigenvalue weighted by atomic mass is 16.3. The predicted octanol–water partition coefficient (Wildman–Crippen LogP) is 4.57. The Morgan fingerprint density at radius 2 is 1.53 bits per heavy atom. The average molecular weight is 422 g/mol. The van der Waals surface area contributed by atoms with Crippen molar-refractivity contribution in [2.75, 3.05) is 4.90 Å². The molecule has 32 heavy (non-hydrogen) atoms. The number of pyridine rings is 1. The fourth-order valence-electron chi connectivity index (χ4n) is 4.10. The number of amides is 1. The van der Waals surface area contributed by atoms with E-state index in [0.29, 0.717) is 11.1 Å². The maximum atomic E-state index is 13.2. The molecule has 156 valence electrons. The van der Waals surface area contributed by atoms with Gasteiger partial charge in [-0.3, -0.25) is 19.5 Å². The van der Waals surface area contributed by atoms with Crippen molar-refractivity contribution in [3.05, 3.63) is 108 Å². The van der Waals surface area contributed by atoms with Crippen LogP contribution < -0.4 is 4.90 Å². The second-order valence-corrected chi connectivity index (χ2v) is 7.50. The first kappa shape index (κ1) is 19.5. The molecule has 1 unspecified atom stereocenters. The number of carbonyl (C=O) groups is 2. The number of nitrogens with zero attached hydrogens (tertiary/aromatic N) is 2. The third kappa shape index (κ3) is 3.09. The van der Waals surface area contributed by atoms with E-state index in [0.717, 1.165) is 10.8 Å². The molecule has 6 nitrogen and oxygen atoms in total. The van der Waals surface area contributed by atoms with E-state index in [1.165, 1.54) is 11.0 Å². The summed E-state index contributed by atoms with van der Waals surface area (Å²) < 4.78 is 0. The SMILES string of the molecule is O=C1C(=O)N(c2ccccc2O)C(c2ccncc2)/C1=C(/O)c1ccc2ccccc2c1. The first-order chi connectivity index (χ1) is 15.6. The number of hydrogen-bond acceptors (Lipinski definition) is 5. The minimum atomic E-state index is -0.919.